The predicted molar refractivity (Wildman–Crippen MR) is 69.6 cm³/mol. The molecule has 0 radical (unpaired) electrons. The van der Waals surface area contributed by atoms with Gasteiger partial charge in [0.25, 0.3) is 0 Å². The Hall–Kier alpha value is -1.55. The number of methoxy groups -OCH3 is 1. The van der Waals surface area contributed by atoms with Gasteiger partial charge in [0.15, 0.2) is 17.8 Å². The molecule has 0 saturated carbocycles. The van der Waals surface area contributed by atoms with E-state index in [-0.39, 0.29) is 0 Å². The van der Waals surface area contributed by atoms with Crippen LogP contribution in [0.3, 0.4) is 0 Å². The van der Waals surface area contributed by atoms with Crippen molar-refractivity contribution in [2.75, 3.05) is 26.9 Å². The predicted octanol–water partition coefficient (Wildman–Crippen LogP) is 2.70. The monoisotopic (exact) mass is 252 g/mol. The van der Waals surface area contributed by atoms with Gasteiger partial charge in [-0.1, -0.05) is 6.07 Å². The fourth-order valence-electron chi connectivity index (χ4n) is 1.57. The second-order valence-electron chi connectivity index (χ2n) is 3.77. The van der Waals surface area contributed by atoms with Gasteiger partial charge in [0.05, 0.1) is 18.8 Å². The van der Waals surface area contributed by atoms with E-state index in [0.29, 0.717) is 30.3 Å². The third kappa shape index (κ3) is 4.37. The molecule has 0 N–H and O–H groups in total. The van der Waals surface area contributed by atoms with Crippen LogP contribution >= 0.6 is 0 Å². The minimum atomic E-state index is 0.521. The van der Waals surface area contributed by atoms with E-state index in [1.807, 2.05) is 6.92 Å². The van der Waals surface area contributed by atoms with Gasteiger partial charge in [-0.05, 0) is 31.9 Å². The third-order valence-corrected chi connectivity index (χ3v) is 2.43. The number of carbonyl (C=O) groups excluding carboxylic acids is 1. The SMILES string of the molecule is CCOc1cccc(C=O)c1OCCCCOC. The molecular weight excluding hydrogens is 232 g/mol. The van der Waals surface area contributed by atoms with E-state index in [0.717, 1.165) is 25.7 Å². The smallest absolute Gasteiger partial charge is 0.171 e. The van der Waals surface area contributed by atoms with Gasteiger partial charge < -0.3 is 14.2 Å². The Morgan fingerprint density at radius 1 is 1.17 bits per heavy atom. The highest BCUT2D eigenvalue weighted by Crippen LogP contribution is 2.30. The molecule has 1 aromatic carbocycles. The van der Waals surface area contributed by atoms with Crippen molar-refractivity contribution in [3.8, 4) is 11.5 Å². The molecule has 0 aliphatic heterocycles. The number of ether oxygens (including phenoxy) is 3. The van der Waals surface area contributed by atoms with Crippen LogP contribution in [0, 0.1) is 0 Å². The minimum absolute atomic E-state index is 0.521. The lowest BCUT2D eigenvalue weighted by atomic mass is 10.2. The van der Waals surface area contributed by atoms with E-state index < -0.39 is 0 Å². The summed E-state index contributed by atoms with van der Waals surface area (Å²) in [5.74, 6) is 1.15. The molecular formula is C14H20O4. The molecule has 4 heteroatoms. The summed E-state index contributed by atoms with van der Waals surface area (Å²) in [6.45, 7) is 3.71. The fraction of sp³-hybridized carbons (Fsp3) is 0.500. The van der Waals surface area contributed by atoms with Gasteiger partial charge in [0.1, 0.15) is 0 Å². The first-order chi connectivity index (χ1) is 8.83. The molecule has 0 heterocycles. The normalized spacial score (nSPS) is 10.1. The molecule has 0 aromatic heterocycles. The summed E-state index contributed by atoms with van der Waals surface area (Å²) in [5, 5.41) is 0. The van der Waals surface area contributed by atoms with Gasteiger partial charge in [0, 0.05) is 13.7 Å². The van der Waals surface area contributed by atoms with E-state index in [2.05, 4.69) is 0 Å². The summed E-state index contributed by atoms with van der Waals surface area (Å²) in [6, 6.07) is 5.31. The van der Waals surface area contributed by atoms with Crippen molar-refractivity contribution in [2.24, 2.45) is 0 Å². The summed E-state index contributed by atoms with van der Waals surface area (Å²) < 4.78 is 16.1. The zero-order valence-corrected chi connectivity index (χ0v) is 11.0. The van der Waals surface area contributed by atoms with Gasteiger partial charge in [-0.15, -0.1) is 0 Å². The molecule has 1 rings (SSSR count). The van der Waals surface area contributed by atoms with E-state index in [9.17, 15) is 4.79 Å². The second kappa shape index (κ2) is 8.53. The zero-order valence-electron chi connectivity index (χ0n) is 11.0. The van der Waals surface area contributed by atoms with Crippen LogP contribution in [-0.2, 0) is 4.74 Å². The first kappa shape index (κ1) is 14.5. The van der Waals surface area contributed by atoms with E-state index in [1.54, 1.807) is 25.3 Å². The van der Waals surface area contributed by atoms with Gasteiger partial charge in [-0.25, -0.2) is 0 Å². The largest absolute Gasteiger partial charge is 0.490 e. The van der Waals surface area contributed by atoms with Gasteiger partial charge >= 0.3 is 0 Å². The summed E-state index contributed by atoms with van der Waals surface area (Å²) in [4.78, 5) is 11.0. The van der Waals surface area contributed by atoms with Gasteiger partial charge in [-0.2, -0.15) is 0 Å². The Bertz CT molecular complexity index is 363. The number of rotatable bonds is 9. The van der Waals surface area contributed by atoms with Gasteiger partial charge in [-0.3, -0.25) is 4.79 Å². The Morgan fingerprint density at radius 3 is 2.61 bits per heavy atom. The molecule has 0 saturated heterocycles. The van der Waals surface area contributed by atoms with Crippen LogP contribution in [0.4, 0.5) is 0 Å². The minimum Gasteiger partial charge on any atom is -0.490 e. The van der Waals surface area contributed by atoms with Crippen molar-refractivity contribution in [1.82, 2.24) is 0 Å². The van der Waals surface area contributed by atoms with E-state index in [1.165, 1.54) is 0 Å². The third-order valence-electron chi connectivity index (χ3n) is 2.43. The van der Waals surface area contributed by atoms with Crippen LogP contribution in [0.1, 0.15) is 30.1 Å². The maximum absolute atomic E-state index is 11.0. The highest BCUT2D eigenvalue weighted by Gasteiger charge is 2.10. The zero-order chi connectivity index (χ0) is 13.2. The first-order valence-corrected chi connectivity index (χ1v) is 6.16. The Morgan fingerprint density at radius 2 is 1.94 bits per heavy atom. The van der Waals surface area contributed by atoms with Crippen LogP contribution in [-0.4, -0.2) is 33.2 Å². The number of hydrogen-bond acceptors (Lipinski definition) is 4. The molecule has 0 atom stereocenters. The van der Waals surface area contributed by atoms with Crippen molar-refractivity contribution in [3.63, 3.8) is 0 Å². The lowest BCUT2D eigenvalue weighted by Crippen LogP contribution is -2.04. The molecule has 100 valence electrons. The molecule has 0 bridgehead atoms. The summed E-state index contributed by atoms with van der Waals surface area (Å²) in [5.41, 5.74) is 0.521. The molecule has 0 unspecified atom stereocenters. The second-order valence-corrected chi connectivity index (χ2v) is 3.77. The maximum Gasteiger partial charge on any atom is 0.171 e. The Kier molecular flexibility index (Phi) is 6.87. The van der Waals surface area contributed by atoms with Crippen LogP contribution in [0.2, 0.25) is 0 Å². The van der Waals surface area contributed by atoms with Gasteiger partial charge in [0.2, 0.25) is 0 Å². The number of carbonyl (C=O) groups is 1. The highest BCUT2D eigenvalue weighted by molar-refractivity contribution is 5.81. The molecule has 0 fully saturated rings. The number of benzene rings is 1. The molecule has 4 nitrogen and oxygen atoms in total. The fourth-order valence-corrected chi connectivity index (χ4v) is 1.57. The van der Waals surface area contributed by atoms with Crippen molar-refractivity contribution in [2.45, 2.75) is 19.8 Å². The summed E-state index contributed by atoms with van der Waals surface area (Å²) in [7, 11) is 1.68. The van der Waals surface area contributed by atoms with E-state index in [4.69, 9.17) is 14.2 Å². The first-order valence-electron chi connectivity index (χ1n) is 6.16. The van der Waals surface area contributed by atoms with Crippen LogP contribution in [0.25, 0.3) is 0 Å². The molecule has 0 aliphatic carbocycles. The molecule has 0 spiro atoms. The summed E-state index contributed by atoms with van der Waals surface area (Å²) in [6.07, 6.45) is 2.60. The standard InChI is InChI=1S/C14H20O4/c1-3-17-13-8-6-7-12(11-15)14(13)18-10-5-4-9-16-2/h6-8,11H,3-5,9-10H2,1-2H3. The Labute approximate surface area is 108 Å². The molecule has 0 aliphatic rings. The number of aldehydes is 1. The van der Waals surface area contributed by atoms with Crippen molar-refractivity contribution in [3.05, 3.63) is 23.8 Å². The summed E-state index contributed by atoms with van der Waals surface area (Å²) >= 11 is 0. The molecule has 1 aromatic rings. The molecule has 0 amide bonds. The number of unbranched alkanes of at least 4 members (excludes halogenated alkanes) is 1. The van der Waals surface area contributed by atoms with Crippen LogP contribution in [0.5, 0.6) is 11.5 Å². The average Bonchev–Trinajstić information content (AvgIpc) is 2.40. The topological polar surface area (TPSA) is 44.8 Å². The number of para-hydroxylation sites is 1. The van der Waals surface area contributed by atoms with Crippen LogP contribution < -0.4 is 9.47 Å². The lowest BCUT2D eigenvalue weighted by Gasteiger charge is -2.13. The van der Waals surface area contributed by atoms with Crippen molar-refractivity contribution >= 4 is 6.29 Å². The maximum atomic E-state index is 11.0. The number of hydrogen-bond donors (Lipinski definition) is 0. The van der Waals surface area contributed by atoms with Crippen molar-refractivity contribution < 1.29 is 19.0 Å². The van der Waals surface area contributed by atoms with Crippen LogP contribution in [0.15, 0.2) is 18.2 Å². The quantitative estimate of drug-likeness (QED) is 0.500. The Balaban J connectivity index is 2.62. The van der Waals surface area contributed by atoms with E-state index >= 15 is 0 Å². The molecule has 18 heavy (non-hydrogen) atoms. The average molecular weight is 252 g/mol. The lowest BCUT2D eigenvalue weighted by molar-refractivity contribution is 0.111. The van der Waals surface area contributed by atoms with Crippen molar-refractivity contribution in [1.29, 1.82) is 0 Å². The highest BCUT2D eigenvalue weighted by atomic mass is 16.5.